The summed E-state index contributed by atoms with van der Waals surface area (Å²) >= 11 is 2.78. The summed E-state index contributed by atoms with van der Waals surface area (Å²) in [6.45, 7) is 6.26. The predicted molar refractivity (Wildman–Crippen MR) is 111 cm³/mol. The number of nitrogens with zero attached hydrogens (tertiary/aromatic N) is 2. The van der Waals surface area contributed by atoms with Gasteiger partial charge in [0.25, 0.3) is 0 Å². The number of Topliss-reactive ketones (excluding diaryl/α,β-unsaturated/α-hetero) is 1. The van der Waals surface area contributed by atoms with Gasteiger partial charge in [-0.3, -0.25) is 9.59 Å². The zero-order chi connectivity index (χ0) is 19.4. The van der Waals surface area contributed by atoms with Gasteiger partial charge in [-0.25, -0.2) is 0 Å². The standard InChI is InChI=1S/C20H21N3O2S2/c1-12(2)14-5-7-15(8-6-14)19-22-23-20(27-19)21-18(25)11-9-16(24)17-10-4-13(3)26-17/h4-8,10,12H,9,11H2,1-3H3,(H,21,23,25). The summed E-state index contributed by atoms with van der Waals surface area (Å²) < 4.78 is 0. The largest absolute Gasteiger partial charge is 0.301 e. The number of hydrogen-bond acceptors (Lipinski definition) is 6. The van der Waals surface area contributed by atoms with Gasteiger partial charge in [0.15, 0.2) is 5.78 Å². The summed E-state index contributed by atoms with van der Waals surface area (Å²) in [7, 11) is 0. The van der Waals surface area contributed by atoms with Gasteiger partial charge >= 0.3 is 0 Å². The molecule has 2 heterocycles. The van der Waals surface area contributed by atoms with Crippen LogP contribution in [-0.4, -0.2) is 21.9 Å². The Balaban J connectivity index is 1.55. The molecule has 1 N–H and O–H groups in total. The molecule has 0 saturated carbocycles. The highest BCUT2D eigenvalue weighted by Crippen LogP contribution is 2.28. The first kappa shape index (κ1) is 19.4. The number of amides is 1. The number of aromatic nitrogens is 2. The number of nitrogens with one attached hydrogen (secondary N) is 1. The van der Waals surface area contributed by atoms with Crippen LogP contribution in [0.2, 0.25) is 0 Å². The molecule has 2 aromatic heterocycles. The monoisotopic (exact) mass is 399 g/mol. The Labute approximate surface area is 166 Å². The zero-order valence-electron chi connectivity index (χ0n) is 15.5. The molecule has 1 amide bonds. The molecule has 0 unspecified atom stereocenters. The lowest BCUT2D eigenvalue weighted by atomic mass is 10.0. The molecular formula is C20H21N3O2S2. The molecule has 0 atom stereocenters. The van der Waals surface area contributed by atoms with Crippen molar-refractivity contribution in [3.8, 4) is 10.6 Å². The highest BCUT2D eigenvalue weighted by molar-refractivity contribution is 7.18. The van der Waals surface area contributed by atoms with Gasteiger partial charge in [-0.05, 0) is 30.5 Å². The molecule has 3 rings (SSSR count). The summed E-state index contributed by atoms with van der Waals surface area (Å²) in [6.07, 6.45) is 0.321. The molecule has 1 aromatic carbocycles. The fourth-order valence-corrected chi connectivity index (χ4v) is 4.12. The van der Waals surface area contributed by atoms with E-state index in [4.69, 9.17) is 0 Å². The fraction of sp³-hybridized carbons (Fsp3) is 0.300. The molecule has 0 saturated heterocycles. The van der Waals surface area contributed by atoms with Crippen LogP contribution in [-0.2, 0) is 4.79 Å². The van der Waals surface area contributed by atoms with Gasteiger partial charge in [-0.15, -0.1) is 21.5 Å². The van der Waals surface area contributed by atoms with Crippen LogP contribution in [0.3, 0.4) is 0 Å². The second-order valence-corrected chi connectivity index (χ2v) is 8.84. The summed E-state index contributed by atoms with van der Waals surface area (Å²) in [6, 6.07) is 11.9. The van der Waals surface area contributed by atoms with E-state index in [9.17, 15) is 9.59 Å². The summed E-state index contributed by atoms with van der Waals surface area (Å²) in [5, 5.41) is 12.1. The molecule has 140 valence electrons. The number of carbonyl (C=O) groups excluding carboxylic acids is 2. The molecule has 0 radical (unpaired) electrons. The van der Waals surface area contributed by atoms with Gasteiger partial charge in [0.05, 0.1) is 4.88 Å². The van der Waals surface area contributed by atoms with Crippen LogP contribution in [0.5, 0.6) is 0 Å². The van der Waals surface area contributed by atoms with Crippen molar-refractivity contribution >= 4 is 39.5 Å². The highest BCUT2D eigenvalue weighted by atomic mass is 32.1. The van der Waals surface area contributed by atoms with Gasteiger partial charge in [0, 0.05) is 23.3 Å². The van der Waals surface area contributed by atoms with Crippen LogP contribution >= 0.6 is 22.7 Å². The molecule has 0 bridgehead atoms. The number of aryl methyl sites for hydroxylation is 1. The minimum atomic E-state index is -0.227. The van der Waals surface area contributed by atoms with Crippen LogP contribution in [0.15, 0.2) is 36.4 Å². The topological polar surface area (TPSA) is 72.0 Å². The summed E-state index contributed by atoms with van der Waals surface area (Å²) in [5.74, 6) is 0.241. The van der Waals surface area contributed by atoms with Crippen LogP contribution in [0.25, 0.3) is 10.6 Å². The van der Waals surface area contributed by atoms with E-state index in [-0.39, 0.29) is 24.5 Å². The normalized spacial score (nSPS) is 11.0. The molecule has 7 heteroatoms. The van der Waals surface area contributed by atoms with Crippen molar-refractivity contribution in [1.29, 1.82) is 0 Å². The Kier molecular flexibility index (Phi) is 6.13. The van der Waals surface area contributed by atoms with E-state index < -0.39 is 0 Å². The average Bonchev–Trinajstić information content (AvgIpc) is 3.29. The molecular weight excluding hydrogens is 378 g/mol. The van der Waals surface area contributed by atoms with Crippen molar-refractivity contribution in [3.05, 3.63) is 51.7 Å². The van der Waals surface area contributed by atoms with E-state index >= 15 is 0 Å². The summed E-state index contributed by atoms with van der Waals surface area (Å²) in [5.41, 5.74) is 2.24. The smallest absolute Gasteiger partial charge is 0.226 e. The maximum absolute atomic E-state index is 12.1. The number of ketones is 1. The molecule has 0 fully saturated rings. The number of anilines is 1. The predicted octanol–water partition coefficient (Wildman–Crippen LogP) is 5.30. The first-order chi connectivity index (χ1) is 12.9. The van der Waals surface area contributed by atoms with Gasteiger partial charge in [-0.2, -0.15) is 0 Å². The lowest BCUT2D eigenvalue weighted by Crippen LogP contribution is -2.13. The van der Waals surface area contributed by atoms with Crippen LogP contribution in [0, 0.1) is 6.92 Å². The van der Waals surface area contributed by atoms with Gasteiger partial charge in [-0.1, -0.05) is 49.4 Å². The number of benzene rings is 1. The van der Waals surface area contributed by atoms with E-state index in [0.29, 0.717) is 15.9 Å². The lowest BCUT2D eigenvalue weighted by Gasteiger charge is -2.04. The van der Waals surface area contributed by atoms with Crippen molar-refractivity contribution in [3.63, 3.8) is 0 Å². The molecule has 0 aliphatic heterocycles. The van der Waals surface area contributed by atoms with Crippen LogP contribution < -0.4 is 5.32 Å². The molecule has 0 aliphatic carbocycles. The Morgan fingerprint density at radius 1 is 1.00 bits per heavy atom. The Morgan fingerprint density at radius 2 is 1.74 bits per heavy atom. The maximum Gasteiger partial charge on any atom is 0.226 e. The third kappa shape index (κ3) is 5.08. The second-order valence-electron chi connectivity index (χ2n) is 6.57. The van der Waals surface area contributed by atoms with E-state index in [2.05, 4.69) is 41.5 Å². The third-order valence-corrected chi connectivity index (χ3v) is 6.02. The average molecular weight is 400 g/mol. The van der Waals surface area contributed by atoms with Crippen molar-refractivity contribution in [2.75, 3.05) is 5.32 Å². The zero-order valence-corrected chi connectivity index (χ0v) is 17.1. The van der Waals surface area contributed by atoms with E-state index in [1.807, 2.05) is 31.2 Å². The minimum Gasteiger partial charge on any atom is -0.301 e. The van der Waals surface area contributed by atoms with Crippen molar-refractivity contribution in [1.82, 2.24) is 10.2 Å². The van der Waals surface area contributed by atoms with E-state index in [0.717, 1.165) is 15.4 Å². The first-order valence-electron chi connectivity index (χ1n) is 8.75. The first-order valence-corrected chi connectivity index (χ1v) is 10.4. The van der Waals surface area contributed by atoms with Gasteiger partial charge < -0.3 is 5.32 Å². The fourth-order valence-electron chi connectivity index (χ4n) is 2.52. The molecule has 27 heavy (non-hydrogen) atoms. The van der Waals surface area contributed by atoms with E-state index in [1.54, 1.807) is 0 Å². The van der Waals surface area contributed by atoms with Crippen molar-refractivity contribution in [2.24, 2.45) is 0 Å². The minimum absolute atomic E-state index is 0.00792. The maximum atomic E-state index is 12.1. The van der Waals surface area contributed by atoms with Crippen LogP contribution in [0.4, 0.5) is 5.13 Å². The summed E-state index contributed by atoms with van der Waals surface area (Å²) in [4.78, 5) is 26.0. The molecule has 0 aliphatic rings. The quantitative estimate of drug-likeness (QED) is 0.547. The lowest BCUT2D eigenvalue weighted by molar-refractivity contribution is -0.116. The Bertz CT molecular complexity index is 942. The molecule has 5 nitrogen and oxygen atoms in total. The third-order valence-electron chi connectivity index (χ3n) is 4.09. The number of carbonyl (C=O) groups is 2. The number of rotatable bonds is 7. The highest BCUT2D eigenvalue weighted by Gasteiger charge is 2.13. The van der Waals surface area contributed by atoms with Crippen molar-refractivity contribution < 1.29 is 9.59 Å². The Hall–Kier alpha value is -2.38. The van der Waals surface area contributed by atoms with Crippen LogP contribution in [0.1, 0.15) is 52.7 Å². The van der Waals surface area contributed by atoms with Gasteiger partial charge in [0.1, 0.15) is 5.01 Å². The van der Waals surface area contributed by atoms with Crippen molar-refractivity contribution in [2.45, 2.75) is 39.5 Å². The number of hydrogen-bond donors (Lipinski definition) is 1. The second kappa shape index (κ2) is 8.54. The molecule has 3 aromatic rings. The van der Waals surface area contributed by atoms with Gasteiger partial charge in [0.2, 0.25) is 11.0 Å². The molecule has 0 spiro atoms. The number of thiophene rings is 1. The Morgan fingerprint density at radius 3 is 2.37 bits per heavy atom. The SMILES string of the molecule is Cc1ccc(C(=O)CCC(=O)Nc2nnc(-c3ccc(C(C)C)cc3)s2)s1. The van der Waals surface area contributed by atoms with E-state index in [1.165, 1.54) is 28.2 Å².